The minimum absolute atomic E-state index is 0.0426. The molecule has 1 heterocycles. The molecule has 0 spiro atoms. The molecule has 1 aliphatic rings. The first kappa shape index (κ1) is 39.6. The Morgan fingerprint density at radius 2 is 1.65 bits per heavy atom. The van der Waals surface area contributed by atoms with Crippen molar-refractivity contribution in [1.29, 1.82) is 0 Å². The lowest BCUT2D eigenvalue weighted by Gasteiger charge is -2.26. The molecule has 0 unspecified atom stereocenters. The fourth-order valence-corrected chi connectivity index (χ4v) is 6.04. The van der Waals surface area contributed by atoms with Gasteiger partial charge in [0.15, 0.2) is 6.61 Å². The minimum Gasteiger partial charge on any atom is -0.484 e. The van der Waals surface area contributed by atoms with Crippen LogP contribution in [0.1, 0.15) is 52.0 Å². The number of hydrogen-bond donors (Lipinski definition) is 5. The molecule has 3 rings (SSSR count). The highest BCUT2D eigenvalue weighted by Gasteiger charge is 2.30. The van der Waals surface area contributed by atoms with E-state index in [9.17, 15) is 29.1 Å². The zero-order chi connectivity index (χ0) is 35.8. The van der Waals surface area contributed by atoms with Crippen molar-refractivity contribution in [1.82, 2.24) is 26.2 Å². The summed E-state index contributed by atoms with van der Waals surface area (Å²) < 4.78 is 5.66. The molecule has 0 aliphatic carbocycles. The van der Waals surface area contributed by atoms with Crippen molar-refractivity contribution >= 4 is 52.9 Å². The lowest BCUT2D eigenvalue weighted by atomic mass is 10.0. The van der Waals surface area contributed by atoms with Crippen LogP contribution in [0.25, 0.3) is 0 Å². The molecule has 5 N–H and O–H groups in total. The molecule has 0 aromatic heterocycles. The number of hydrogen-bond acceptors (Lipinski definition) is 8. The van der Waals surface area contributed by atoms with Gasteiger partial charge in [-0.1, -0.05) is 37.6 Å². The average Bonchev–Trinajstić information content (AvgIpc) is 3.05. The summed E-state index contributed by atoms with van der Waals surface area (Å²) in [6.45, 7) is 6.49. The fraction of sp³-hybridized carbons (Fsp3) is 0.514. The summed E-state index contributed by atoms with van der Waals surface area (Å²) in [5.41, 5.74) is 0.619. The smallest absolute Gasteiger partial charge is 0.257 e. The zero-order valence-corrected chi connectivity index (χ0v) is 29.9. The highest BCUT2D eigenvalue weighted by Crippen LogP contribution is 2.21. The molecule has 14 heteroatoms. The lowest BCUT2D eigenvalue weighted by Crippen LogP contribution is -2.57. The normalized spacial score (nSPS) is 20.2. The van der Waals surface area contributed by atoms with Gasteiger partial charge in [-0.2, -0.15) is 0 Å². The van der Waals surface area contributed by atoms with Gasteiger partial charge in [-0.05, 0) is 80.5 Å². The van der Waals surface area contributed by atoms with E-state index in [2.05, 4.69) is 21.3 Å². The summed E-state index contributed by atoms with van der Waals surface area (Å²) in [5.74, 6) is -1.22. The van der Waals surface area contributed by atoms with Crippen LogP contribution in [0.4, 0.5) is 0 Å². The van der Waals surface area contributed by atoms with Crippen molar-refractivity contribution in [3.8, 4) is 5.75 Å². The molecule has 0 radical (unpaired) electrons. The van der Waals surface area contributed by atoms with E-state index < -0.39 is 35.9 Å². The third-order valence-corrected chi connectivity index (χ3v) is 8.91. The number of carbonyl (C=O) groups excluding carboxylic acids is 5. The number of benzene rings is 2. The average molecular weight is 718 g/mol. The number of thioether (sulfide) groups is 1. The predicted molar refractivity (Wildman–Crippen MR) is 189 cm³/mol. The van der Waals surface area contributed by atoms with Gasteiger partial charge in [0.05, 0.1) is 18.3 Å². The number of halogens is 1. The highest BCUT2D eigenvalue weighted by atomic mass is 35.5. The molecule has 268 valence electrons. The summed E-state index contributed by atoms with van der Waals surface area (Å²) in [5, 5.41) is 22.0. The Kier molecular flexibility index (Phi) is 16.7. The topological polar surface area (TPSA) is 166 Å². The van der Waals surface area contributed by atoms with Crippen LogP contribution in [-0.2, 0) is 30.4 Å². The summed E-state index contributed by atoms with van der Waals surface area (Å²) in [4.78, 5) is 67.7. The minimum atomic E-state index is -1.23. The monoisotopic (exact) mass is 717 g/mol. The predicted octanol–water partition coefficient (Wildman–Crippen LogP) is 2.70. The second-order valence-corrected chi connectivity index (χ2v) is 13.9. The standard InChI is InChI=1S/C35H48ClN5O7S/c1-23(2)18-29-34(46)40-33(24(3)42)35(47)38-14-4-5-16-41(32(45)22-49-28-12-10-26(36)11-13-28)17-7-15-37-31(44)21-48-27-9-6-8-25(19-27)20-30(43)39-29/h6,8-13,19,23-24,29,33,42H,4-5,7,14-18,20-22H2,1-3H3,(H,37,44)(H,38,47)(H,39,43)(H,40,46)/t24-,29-,33+/m1/s1. The van der Waals surface area contributed by atoms with E-state index in [0.29, 0.717) is 61.7 Å². The van der Waals surface area contributed by atoms with Crippen molar-refractivity contribution in [2.75, 3.05) is 38.5 Å². The molecule has 49 heavy (non-hydrogen) atoms. The molecule has 0 fully saturated rings. The molecular formula is C35H48ClN5O7S. The molecule has 2 bridgehead atoms. The molecule has 0 saturated carbocycles. The molecule has 1 aliphatic heterocycles. The summed E-state index contributed by atoms with van der Waals surface area (Å²) in [7, 11) is 0. The third-order valence-electron chi connectivity index (χ3n) is 7.66. The zero-order valence-electron chi connectivity index (χ0n) is 28.3. The van der Waals surface area contributed by atoms with E-state index in [4.69, 9.17) is 16.3 Å². The van der Waals surface area contributed by atoms with Crippen molar-refractivity contribution in [2.24, 2.45) is 5.92 Å². The van der Waals surface area contributed by atoms with Crippen LogP contribution in [0.2, 0.25) is 5.02 Å². The van der Waals surface area contributed by atoms with Gasteiger partial charge < -0.3 is 36.0 Å². The van der Waals surface area contributed by atoms with Crippen LogP contribution >= 0.6 is 23.4 Å². The first-order valence-corrected chi connectivity index (χ1v) is 18.0. The maximum absolute atomic E-state index is 13.3. The number of aliphatic hydroxyl groups is 1. The van der Waals surface area contributed by atoms with Crippen LogP contribution in [0.5, 0.6) is 5.75 Å². The van der Waals surface area contributed by atoms with Gasteiger partial charge in [0, 0.05) is 36.1 Å². The van der Waals surface area contributed by atoms with Gasteiger partial charge in [0.2, 0.25) is 23.6 Å². The largest absolute Gasteiger partial charge is 0.484 e. The van der Waals surface area contributed by atoms with Gasteiger partial charge in [-0.3, -0.25) is 24.0 Å². The van der Waals surface area contributed by atoms with Crippen LogP contribution in [0, 0.1) is 5.92 Å². The van der Waals surface area contributed by atoms with Crippen molar-refractivity contribution in [3.63, 3.8) is 0 Å². The Morgan fingerprint density at radius 1 is 0.939 bits per heavy atom. The summed E-state index contributed by atoms with van der Waals surface area (Å²) in [6.07, 6.45) is 0.743. The Bertz CT molecular complexity index is 1410. The number of amides is 5. The molecule has 5 amide bonds. The third kappa shape index (κ3) is 14.7. The molecule has 0 saturated heterocycles. The second kappa shape index (κ2) is 20.6. The van der Waals surface area contributed by atoms with Crippen LogP contribution in [-0.4, -0.2) is 96.3 Å². The Labute approximate surface area is 297 Å². The highest BCUT2D eigenvalue weighted by molar-refractivity contribution is 8.00. The van der Waals surface area contributed by atoms with Crippen LogP contribution in [0.3, 0.4) is 0 Å². The number of aliphatic hydroxyl groups excluding tert-OH is 1. The first-order chi connectivity index (χ1) is 23.4. The summed E-state index contributed by atoms with van der Waals surface area (Å²) >= 11 is 7.39. The maximum Gasteiger partial charge on any atom is 0.257 e. The van der Waals surface area contributed by atoms with E-state index in [1.165, 1.54) is 18.7 Å². The SMILES string of the molecule is CC(C)C[C@H]1NC(=O)Cc2cccc(c2)OCC(=O)NCCCN(C(=O)CSc2ccc(Cl)cc2)CCCCNC(=O)[C@H]([C@@H](C)O)NC1=O. The fourth-order valence-electron chi connectivity index (χ4n) is 5.11. The van der Waals surface area contributed by atoms with Gasteiger partial charge in [0.25, 0.3) is 5.91 Å². The van der Waals surface area contributed by atoms with Gasteiger partial charge >= 0.3 is 0 Å². The van der Waals surface area contributed by atoms with E-state index >= 15 is 0 Å². The first-order valence-electron chi connectivity index (χ1n) is 16.6. The molecule has 12 nitrogen and oxygen atoms in total. The van der Waals surface area contributed by atoms with Crippen molar-refractivity contribution in [3.05, 3.63) is 59.1 Å². The number of nitrogens with one attached hydrogen (secondary N) is 4. The number of nitrogens with zero attached hydrogens (tertiary/aromatic N) is 1. The number of rotatable bonds is 6. The van der Waals surface area contributed by atoms with Crippen molar-refractivity contribution < 1.29 is 33.8 Å². The van der Waals surface area contributed by atoms with Crippen LogP contribution < -0.4 is 26.0 Å². The Balaban J connectivity index is 1.72. The van der Waals surface area contributed by atoms with Crippen LogP contribution in [0.15, 0.2) is 53.4 Å². The number of ether oxygens (including phenoxy) is 1. The van der Waals surface area contributed by atoms with E-state index in [-0.39, 0.29) is 43.1 Å². The van der Waals surface area contributed by atoms with E-state index in [1.807, 2.05) is 26.0 Å². The lowest BCUT2D eigenvalue weighted by molar-refractivity contribution is -0.134. The maximum atomic E-state index is 13.3. The van der Waals surface area contributed by atoms with Gasteiger partial charge in [-0.25, -0.2) is 0 Å². The second-order valence-electron chi connectivity index (χ2n) is 12.4. The number of fused-ring (bicyclic) bond motifs is 2. The Morgan fingerprint density at radius 3 is 2.37 bits per heavy atom. The van der Waals surface area contributed by atoms with Gasteiger partial charge in [-0.15, -0.1) is 11.8 Å². The van der Waals surface area contributed by atoms with Crippen molar-refractivity contribution in [2.45, 2.75) is 76.0 Å². The summed E-state index contributed by atoms with van der Waals surface area (Å²) in [6, 6.07) is 11.9. The molecule has 3 atom stereocenters. The van der Waals surface area contributed by atoms with E-state index in [1.54, 1.807) is 41.3 Å². The molecular weight excluding hydrogens is 670 g/mol. The quantitative estimate of drug-likeness (QED) is 0.285. The molecule has 2 aromatic rings. The van der Waals surface area contributed by atoms with Gasteiger partial charge in [0.1, 0.15) is 17.8 Å². The van der Waals surface area contributed by atoms with E-state index in [0.717, 1.165) is 4.90 Å². The Hall–Kier alpha value is -3.81. The number of carbonyl (C=O) groups is 5. The molecule has 2 aromatic carbocycles.